The molecule has 0 N–H and O–H groups in total. The molecule has 0 spiro atoms. The second-order valence-corrected chi connectivity index (χ2v) is 5.56. The normalized spacial score (nSPS) is 25.8. The number of rotatable bonds is 2. The second kappa shape index (κ2) is 4.84. The van der Waals surface area contributed by atoms with E-state index >= 15 is 0 Å². The van der Waals surface area contributed by atoms with Crippen molar-refractivity contribution in [3.05, 3.63) is 34.1 Å². The average Bonchev–Trinajstić information content (AvgIpc) is 2.58. The fourth-order valence-electron chi connectivity index (χ4n) is 2.20. The summed E-state index contributed by atoms with van der Waals surface area (Å²) in [7, 11) is 0. The Kier molecular flexibility index (Phi) is 3.68. The van der Waals surface area contributed by atoms with Crippen LogP contribution in [0.5, 0.6) is 0 Å². The number of hydrogen-bond acceptors (Lipinski definition) is 0. The summed E-state index contributed by atoms with van der Waals surface area (Å²) in [5.41, 5.74) is 1.03. The Hall–Kier alpha value is -0.0800. The molecule has 2 rings (SSSR count). The van der Waals surface area contributed by atoms with Crippen LogP contribution >= 0.6 is 27.5 Å². The lowest BCUT2D eigenvalue weighted by Gasteiger charge is -2.14. The molecule has 0 amide bonds. The Balaban J connectivity index is 2.12. The molecule has 0 nitrogen and oxygen atoms in total. The van der Waals surface area contributed by atoms with Crippen molar-refractivity contribution in [3.8, 4) is 0 Å². The maximum Gasteiger partial charge on any atom is 0.123 e. The minimum atomic E-state index is -0.169. The van der Waals surface area contributed by atoms with Crippen LogP contribution in [0.1, 0.15) is 24.8 Å². The highest BCUT2D eigenvalue weighted by molar-refractivity contribution is 9.10. The van der Waals surface area contributed by atoms with Crippen LogP contribution < -0.4 is 0 Å². The molecule has 1 aromatic rings. The fourth-order valence-corrected chi connectivity index (χ4v) is 2.98. The third kappa shape index (κ3) is 2.73. The summed E-state index contributed by atoms with van der Waals surface area (Å²) in [5.74, 6) is 0.335. The van der Waals surface area contributed by atoms with Crippen LogP contribution in [0.25, 0.3) is 0 Å². The first kappa shape index (κ1) is 11.4. The van der Waals surface area contributed by atoms with E-state index in [0.29, 0.717) is 5.92 Å². The van der Waals surface area contributed by atoms with E-state index < -0.39 is 0 Å². The topological polar surface area (TPSA) is 0 Å². The Morgan fingerprint density at radius 3 is 2.87 bits per heavy atom. The maximum absolute atomic E-state index is 13.1. The number of hydrogen-bond donors (Lipinski definition) is 0. The van der Waals surface area contributed by atoms with Gasteiger partial charge in [-0.25, -0.2) is 4.39 Å². The molecule has 0 radical (unpaired) electrons. The molecule has 0 bridgehead atoms. The first-order valence-corrected chi connectivity index (χ1v) is 6.48. The van der Waals surface area contributed by atoms with E-state index in [2.05, 4.69) is 15.9 Å². The molecule has 0 saturated heterocycles. The molecule has 1 fully saturated rings. The third-order valence-electron chi connectivity index (χ3n) is 3.06. The molecule has 1 aliphatic rings. The van der Waals surface area contributed by atoms with Crippen molar-refractivity contribution in [1.29, 1.82) is 0 Å². The molecule has 2 atom stereocenters. The van der Waals surface area contributed by atoms with Gasteiger partial charge in [-0.2, -0.15) is 0 Å². The molecule has 0 aliphatic heterocycles. The van der Waals surface area contributed by atoms with Gasteiger partial charge in [0, 0.05) is 9.85 Å². The quantitative estimate of drug-likeness (QED) is 0.702. The van der Waals surface area contributed by atoms with Crippen molar-refractivity contribution in [1.82, 2.24) is 0 Å². The summed E-state index contributed by atoms with van der Waals surface area (Å²) in [5, 5.41) is 0.264. The van der Waals surface area contributed by atoms with Crippen LogP contribution in [-0.4, -0.2) is 5.38 Å². The summed E-state index contributed by atoms with van der Waals surface area (Å²) in [6.07, 6.45) is 4.34. The zero-order valence-electron chi connectivity index (χ0n) is 8.35. The van der Waals surface area contributed by atoms with Crippen LogP contribution in [0, 0.1) is 11.7 Å². The first-order chi connectivity index (χ1) is 7.16. The van der Waals surface area contributed by atoms with Crippen molar-refractivity contribution < 1.29 is 4.39 Å². The predicted molar refractivity (Wildman–Crippen MR) is 64.8 cm³/mol. The van der Waals surface area contributed by atoms with E-state index in [0.717, 1.165) is 29.3 Å². The van der Waals surface area contributed by atoms with Gasteiger partial charge in [-0.1, -0.05) is 22.4 Å². The summed E-state index contributed by atoms with van der Waals surface area (Å²) in [6, 6.07) is 4.84. The predicted octanol–water partition coefficient (Wildman–Crippen LogP) is 4.54. The van der Waals surface area contributed by atoms with Crippen molar-refractivity contribution >= 4 is 27.5 Å². The van der Waals surface area contributed by atoms with Gasteiger partial charge in [0.15, 0.2) is 0 Å². The van der Waals surface area contributed by atoms with Crippen LogP contribution in [0.2, 0.25) is 0 Å². The van der Waals surface area contributed by atoms with E-state index in [4.69, 9.17) is 11.6 Å². The molecular weight excluding hydrogens is 278 g/mol. The van der Waals surface area contributed by atoms with Crippen LogP contribution in [0.15, 0.2) is 22.7 Å². The van der Waals surface area contributed by atoms with E-state index in [1.165, 1.54) is 12.5 Å². The van der Waals surface area contributed by atoms with Gasteiger partial charge in [-0.05, 0) is 48.9 Å². The lowest BCUT2D eigenvalue weighted by molar-refractivity contribution is 0.547. The largest absolute Gasteiger partial charge is 0.207 e. The van der Waals surface area contributed by atoms with Crippen LogP contribution in [0.4, 0.5) is 4.39 Å². The van der Waals surface area contributed by atoms with Crippen molar-refractivity contribution in [2.75, 3.05) is 0 Å². The van der Waals surface area contributed by atoms with Gasteiger partial charge in [0.1, 0.15) is 5.82 Å². The minimum absolute atomic E-state index is 0.169. The van der Waals surface area contributed by atoms with E-state index in [9.17, 15) is 4.39 Å². The molecule has 0 heterocycles. The van der Waals surface area contributed by atoms with Gasteiger partial charge in [0.25, 0.3) is 0 Å². The van der Waals surface area contributed by atoms with Crippen molar-refractivity contribution in [2.45, 2.75) is 31.1 Å². The molecular formula is C12H13BrClF. The van der Waals surface area contributed by atoms with E-state index in [-0.39, 0.29) is 11.2 Å². The number of benzene rings is 1. The van der Waals surface area contributed by atoms with Crippen molar-refractivity contribution in [3.63, 3.8) is 0 Å². The van der Waals surface area contributed by atoms with Gasteiger partial charge < -0.3 is 0 Å². The summed E-state index contributed by atoms with van der Waals surface area (Å²) >= 11 is 9.66. The SMILES string of the molecule is Fc1ccc(Br)c(CC2CCCC2Cl)c1. The van der Waals surface area contributed by atoms with Gasteiger partial charge in [-0.15, -0.1) is 11.6 Å². The number of halogens is 3. The maximum atomic E-state index is 13.1. The van der Waals surface area contributed by atoms with Crippen LogP contribution in [0.3, 0.4) is 0 Å². The zero-order valence-corrected chi connectivity index (χ0v) is 10.7. The van der Waals surface area contributed by atoms with E-state index in [1.54, 1.807) is 12.1 Å². The lowest BCUT2D eigenvalue weighted by Crippen LogP contribution is -2.10. The van der Waals surface area contributed by atoms with Crippen LogP contribution in [-0.2, 0) is 6.42 Å². The average molecular weight is 292 g/mol. The summed E-state index contributed by atoms with van der Waals surface area (Å²) < 4.78 is 14.1. The fraction of sp³-hybridized carbons (Fsp3) is 0.500. The Morgan fingerprint density at radius 1 is 1.40 bits per heavy atom. The zero-order chi connectivity index (χ0) is 10.8. The van der Waals surface area contributed by atoms with Crippen molar-refractivity contribution in [2.24, 2.45) is 5.92 Å². The number of alkyl halides is 1. The third-order valence-corrected chi connectivity index (χ3v) is 4.40. The Bertz CT molecular complexity index is 353. The summed E-state index contributed by atoms with van der Waals surface area (Å²) in [4.78, 5) is 0. The molecule has 1 aromatic carbocycles. The monoisotopic (exact) mass is 290 g/mol. The first-order valence-electron chi connectivity index (χ1n) is 5.25. The highest BCUT2D eigenvalue weighted by Crippen LogP contribution is 2.34. The van der Waals surface area contributed by atoms with E-state index in [1.807, 2.05) is 0 Å². The highest BCUT2D eigenvalue weighted by Gasteiger charge is 2.25. The smallest absolute Gasteiger partial charge is 0.123 e. The molecule has 1 saturated carbocycles. The Morgan fingerprint density at radius 2 is 2.20 bits per heavy atom. The molecule has 3 heteroatoms. The van der Waals surface area contributed by atoms with Gasteiger partial charge in [-0.3, -0.25) is 0 Å². The lowest BCUT2D eigenvalue weighted by atomic mass is 9.98. The molecule has 0 aromatic heterocycles. The molecule has 2 unspecified atom stereocenters. The standard InChI is InChI=1S/C12H13BrClF/c13-11-5-4-10(15)7-9(11)6-8-2-1-3-12(8)14/h4-5,7-8,12H,1-3,6H2. The molecule has 82 valence electrons. The van der Waals surface area contributed by atoms with Gasteiger partial charge in [0.2, 0.25) is 0 Å². The van der Waals surface area contributed by atoms with Gasteiger partial charge >= 0.3 is 0 Å². The van der Waals surface area contributed by atoms with Gasteiger partial charge in [0.05, 0.1) is 0 Å². The molecule has 1 aliphatic carbocycles. The second-order valence-electron chi connectivity index (χ2n) is 4.15. The summed E-state index contributed by atoms with van der Waals surface area (Å²) in [6.45, 7) is 0. The Labute approximate surface area is 103 Å². The minimum Gasteiger partial charge on any atom is -0.207 e. The molecule has 15 heavy (non-hydrogen) atoms. The highest BCUT2D eigenvalue weighted by atomic mass is 79.9.